The number of aromatic nitrogens is 2. The van der Waals surface area contributed by atoms with E-state index in [-0.39, 0.29) is 0 Å². The molecule has 2 aromatic rings. The van der Waals surface area contributed by atoms with Gasteiger partial charge in [-0.25, -0.2) is 0 Å². The molecule has 0 saturated carbocycles. The van der Waals surface area contributed by atoms with Gasteiger partial charge in [-0.05, 0) is 24.6 Å². The summed E-state index contributed by atoms with van der Waals surface area (Å²) in [5.74, 6) is 1.38. The number of halogens is 1. The molecule has 1 atom stereocenters. The van der Waals surface area contributed by atoms with E-state index in [2.05, 4.69) is 5.10 Å². The summed E-state index contributed by atoms with van der Waals surface area (Å²) in [6, 6.07) is 5.15. The first-order chi connectivity index (χ1) is 9.60. The van der Waals surface area contributed by atoms with Crippen LogP contribution in [0.25, 0.3) is 0 Å². The molecular weight excluding hydrogens is 278 g/mol. The Morgan fingerprint density at radius 1 is 1.25 bits per heavy atom. The predicted molar refractivity (Wildman–Crippen MR) is 78.5 cm³/mol. The van der Waals surface area contributed by atoms with Crippen LogP contribution in [0.5, 0.6) is 11.5 Å². The zero-order valence-electron chi connectivity index (χ0n) is 11.8. The molecule has 108 valence electrons. The van der Waals surface area contributed by atoms with Gasteiger partial charge < -0.3 is 15.2 Å². The topological polar surface area (TPSA) is 62.3 Å². The fraction of sp³-hybridized carbons (Fsp3) is 0.357. The van der Waals surface area contributed by atoms with Crippen LogP contribution >= 0.6 is 11.6 Å². The minimum absolute atomic E-state index is 0.394. The first-order valence-corrected chi connectivity index (χ1v) is 6.68. The van der Waals surface area contributed by atoms with Crippen LogP contribution < -0.4 is 15.2 Å². The van der Waals surface area contributed by atoms with E-state index in [9.17, 15) is 0 Å². The maximum Gasteiger partial charge on any atom is 0.122 e. The van der Waals surface area contributed by atoms with E-state index in [1.165, 1.54) is 0 Å². The molecule has 0 spiro atoms. The second-order valence-electron chi connectivity index (χ2n) is 4.32. The van der Waals surface area contributed by atoms with Gasteiger partial charge in [0.15, 0.2) is 0 Å². The third-order valence-corrected chi connectivity index (χ3v) is 3.45. The van der Waals surface area contributed by atoms with E-state index in [0.717, 1.165) is 11.3 Å². The van der Waals surface area contributed by atoms with Crippen molar-refractivity contribution in [3.63, 3.8) is 0 Å². The van der Waals surface area contributed by atoms with Crippen LogP contribution in [-0.2, 0) is 6.54 Å². The van der Waals surface area contributed by atoms with Crippen LogP contribution in [0.1, 0.15) is 24.2 Å². The largest absolute Gasteiger partial charge is 0.497 e. The first-order valence-electron chi connectivity index (χ1n) is 6.30. The van der Waals surface area contributed by atoms with E-state index in [0.29, 0.717) is 23.1 Å². The molecule has 20 heavy (non-hydrogen) atoms. The van der Waals surface area contributed by atoms with Gasteiger partial charge in [0.05, 0.1) is 37.2 Å². The van der Waals surface area contributed by atoms with Crippen molar-refractivity contribution in [3.8, 4) is 11.5 Å². The maximum atomic E-state index is 6.33. The van der Waals surface area contributed by atoms with Gasteiger partial charge in [-0.15, -0.1) is 0 Å². The minimum atomic E-state index is -0.394. The Balaban J connectivity index is 2.46. The maximum absolute atomic E-state index is 6.33. The van der Waals surface area contributed by atoms with E-state index in [1.54, 1.807) is 31.2 Å². The third kappa shape index (κ3) is 2.73. The molecule has 2 rings (SSSR count). The number of nitrogens with two attached hydrogens (primary N) is 1. The molecule has 6 heteroatoms. The number of hydrogen-bond acceptors (Lipinski definition) is 4. The average Bonchev–Trinajstić information content (AvgIpc) is 2.86. The number of nitrogens with zero attached hydrogens (tertiary/aromatic N) is 2. The third-order valence-electron chi connectivity index (χ3n) is 3.16. The molecule has 0 radical (unpaired) electrons. The second-order valence-corrected chi connectivity index (χ2v) is 4.72. The molecule has 1 unspecified atom stereocenters. The highest BCUT2D eigenvalue weighted by Gasteiger charge is 2.19. The molecule has 1 heterocycles. The molecule has 0 amide bonds. The molecule has 0 aliphatic rings. The Hall–Kier alpha value is -1.72. The Kier molecular flexibility index (Phi) is 4.52. The zero-order valence-corrected chi connectivity index (χ0v) is 12.5. The van der Waals surface area contributed by atoms with Crippen molar-refractivity contribution in [1.82, 2.24) is 9.78 Å². The van der Waals surface area contributed by atoms with Gasteiger partial charge in [-0.2, -0.15) is 5.10 Å². The van der Waals surface area contributed by atoms with Crippen molar-refractivity contribution in [2.75, 3.05) is 14.2 Å². The van der Waals surface area contributed by atoms with E-state index < -0.39 is 6.04 Å². The average molecular weight is 296 g/mol. The first kappa shape index (κ1) is 14.7. The van der Waals surface area contributed by atoms with Crippen LogP contribution in [0.2, 0.25) is 5.02 Å². The van der Waals surface area contributed by atoms with Crippen molar-refractivity contribution in [3.05, 3.63) is 40.7 Å². The lowest BCUT2D eigenvalue weighted by atomic mass is 10.0. The van der Waals surface area contributed by atoms with Crippen LogP contribution in [-0.4, -0.2) is 24.0 Å². The SMILES string of the molecule is CCn1ncc(Cl)c1C(N)c1cc(OC)cc(OC)c1. The van der Waals surface area contributed by atoms with Crippen molar-refractivity contribution >= 4 is 11.6 Å². The van der Waals surface area contributed by atoms with E-state index >= 15 is 0 Å². The van der Waals surface area contributed by atoms with Crippen molar-refractivity contribution < 1.29 is 9.47 Å². The number of rotatable bonds is 5. The van der Waals surface area contributed by atoms with Gasteiger partial charge in [0.2, 0.25) is 0 Å². The zero-order chi connectivity index (χ0) is 14.7. The summed E-state index contributed by atoms with van der Waals surface area (Å²) in [4.78, 5) is 0. The van der Waals surface area contributed by atoms with Crippen LogP contribution in [0.3, 0.4) is 0 Å². The molecule has 0 bridgehead atoms. The number of aryl methyl sites for hydroxylation is 1. The Morgan fingerprint density at radius 2 is 1.85 bits per heavy atom. The Morgan fingerprint density at radius 3 is 2.35 bits per heavy atom. The highest BCUT2D eigenvalue weighted by Crippen LogP contribution is 2.31. The molecule has 1 aromatic carbocycles. The summed E-state index contributed by atoms with van der Waals surface area (Å²) in [6.45, 7) is 2.70. The second kappa shape index (κ2) is 6.15. The highest BCUT2D eigenvalue weighted by molar-refractivity contribution is 6.31. The molecular formula is C14H18ClN3O2. The van der Waals surface area contributed by atoms with Gasteiger partial charge in [0, 0.05) is 12.6 Å². The summed E-state index contributed by atoms with van der Waals surface area (Å²) in [5, 5.41) is 4.76. The standard InChI is InChI=1S/C14H18ClN3O2/c1-4-18-14(12(15)8-17-18)13(16)9-5-10(19-2)7-11(6-9)20-3/h5-8,13H,4,16H2,1-3H3. The Bertz CT molecular complexity index is 576. The van der Waals surface area contributed by atoms with E-state index in [4.69, 9.17) is 26.8 Å². The smallest absolute Gasteiger partial charge is 0.122 e. The number of benzene rings is 1. The minimum Gasteiger partial charge on any atom is -0.497 e. The Labute approximate surface area is 123 Å². The molecule has 0 saturated heterocycles. The number of hydrogen-bond donors (Lipinski definition) is 1. The number of ether oxygens (including phenoxy) is 2. The summed E-state index contributed by atoms with van der Waals surface area (Å²) in [7, 11) is 3.21. The number of methoxy groups -OCH3 is 2. The van der Waals surface area contributed by atoms with Gasteiger partial charge in [0.25, 0.3) is 0 Å². The molecule has 0 fully saturated rings. The van der Waals surface area contributed by atoms with Crippen LogP contribution in [0.4, 0.5) is 0 Å². The van der Waals surface area contributed by atoms with Crippen molar-refractivity contribution in [1.29, 1.82) is 0 Å². The lowest BCUT2D eigenvalue weighted by molar-refractivity contribution is 0.393. The van der Waals surface area contributed by atoms with Gasteiger partial charge in [0.1, 0.15) is 11.5 Å². The fourth-order valence-corrected chi connectivity index (χ4v) is 2.36. The quantitative estimate of drug-likeness (QED) is 0.921. The molecule has 5 nitrogen and oxygen atoms in total. The molecule has 2 N–H and O–H groups in total. The van der Waals surface area contributed by atoms with Crippen LogP contribution in [0, 0.1) is 0 Å². The summed E-state index contributed by atoms with van der Waals surface area (Å²) in [6.07, 6.45) is 1.61. The monoisotopic (exact) mass is 295 g/mol. The normalized spacial score (nSPS) is 12.2. The predicted octanol–water partition coefficient (Wildman–Crippen LogP) is 2.62. The highest BCUT2D eigenvalue weighted by atomic mass is 35.5. The molecule has 0 aliphatic carbocycles. The summed E-state index contributed by atoms with van der Waals surface area (Å²) < 4.78 is 12.3. The van der Waals surface area contributed by atoms with Gasteiger partial charge >= 0.3 is 0 Å². The molecule has 1 aromatic heterocycles. The van der Waals surface area contributed by atoms with E-state index in [1.807, 2.05) is 19.1 Å². The van der Waals surface area contributed by atoms with Gasteiger partial charge in [-0.3, -0.25) is 4.68 Å². The van der Waals surface area contributed by atoms with Crippen molar-refractivity contribution in [2.24, 2.45) is 5.73 Å². The van der Waals surface area contributed by atoms with Crippen LogP contribution in [0.15, 0.2) is 24.4 Å². The fourth-order valence-electron chi connectivity index (χ4n) is 2.10. The lowest BCUT2D eigenvalue weighted by Gasteiger charge is -2.16. The lowest BCUT2D eigenvalue weighted by Crippen LogP contribution is -2.17. The van der Waals surface area contributed by atoms with Gasteiger partial charge in [-0.1, -0.05) is 11.6 Å². The van der Waals surface area contributed by atoms with Crippen molar-refractivity contribution in [2.45, 2.75) is 19.5 Å². The molecule has 0 aliphatic heterocycles. The summed E-state index contributed by atoms with van der Waals surface area (Å²) in [5.41, 5.74) is 7.97. The summed E-state index contributed by atoms with van der Waals surface area (Å²) >= 11 is 6.19.